The molecule has 0 unspecified atom stereocenters. The number of fused-ring (bicyclic) bond motifs is 1. The van der Waals surface area contributed by atoms with Crippen molar-refractivity contribution in [3.05, 3.63) is 65.7 Å². The minimum atomic E-state index is -0.469. The largest absolute Gasteiger partial charge is 0.366 e. The second kappa shape index (κ2) is 9.92. The first-order valence-corrected chi connectivity index (χ1v) is 11.3. The molecule has 32 heavy (non-hydrogen) atoms. The fourth-order valence-corrected chi connectivity index (χ4v) is 4.58. The Labute approximate surface area is 188 Å². The van der Waals surface area contributed by atoms with Crippen LogP contribution in [0.25, 0.3) is 22.2 Å². The quantitative estimate of drug-likeness (QED) is 0.532. The minimum Gasteiger partial charge on any atom is -0.366 e. The number of pyridine rings is 1. The van der Waals surface area contributed by atoms with Crippen LogP contribution in [0.1, 0.15) is 46.4 Å². The first-order chi connectivity index (χ1) is 15.5. The Hall–Kier alpha value is -3.25. The highest BCUT2D eigenvalue weighted by molar-refractivity contribution is 6.07. The number of amides is 2. The van der Waals surface area contributed by atoms with Crippen molar-refractivity contribution in [2.24, 2.45) is 17.6 Å². The van der Waals surface area contributed by atoms with E-state index in [0.717, 1.165) is 41.8 Å². The molecule has 1 aliphatic carbocycles. The SMILES string of the molecule is CNCC1CCC(CNC(=O)c2cc(-c3ccc(C(N)=O)cc3)nc3ccccc23)CC1. The van der Waals surface area contributed by atoms with Gasteiger partial charge in [-0.1, -0.05) is 30.3 Å². The average Bonchev–Trinajstić information content (AvgIpc) is 2.83. The number of rotatable bonds is 7. The molecule has 0 atom stereocenters. The third kappa shape index (κ3) is 4.97. The van der Waals surface area contributed by atoms with Crippen molar-refractivity contribution in [1.82, 2.24) is 15.6 Å². The number of nitrogens with zero attached hydrogens (tertiary/aromatic N) is 1. The summed E-state index contributed by atoms with van der Waals surface area (Å²) in [6.07, 6.45) is 4.73. The lowest BCUT2D eigenvalue weighted by Crippen LogP contribution is -2.32. The molecule has 4 N–H and O–H groups in total. The van der Waals surface area contributed by atoms with Crippen LogP contribution in [0.15, 0.2) is 54.6 Å². The minimum absolute atomic E-state index is 0.0732. The molecule has 3 aromatic rings. The summed E-state index contributed by atoms with van der Waals surface area (Å²) in [7, 11) is 2.01. The van der Waals surface area contributed by atoms with E-state index in [1.165, 1.54) is 12.8 Å². The zero-order valence-electron chi connectivity index (χ0n) is 18.4. The van der Waals surface area contributed by atoms with Crippen LogP contribution in [-0.4, -0.2) is 36.9 Å². The smallest absolute Gasteiger partial charge is 0.252 e. The van der Waals surface area contributed by atoms with Gasteiger partial charge in [0.05, 0.1) is 16.8 Å². The van der Waals surface area contributed by atoms with E-state index in [1.54, 1.807) is 12.1 Å². The zero-order valence-corrected chi connectivity index (χ0v) is 18.4. The number of para-hydroxylation sites is 1. The Kier molecular flexibility index (Phi) is 6.81. The number of benzene rings is 2. The van der Waals surface area contributed by atoms with Crippen LogP contribution in [0.2, 0.25) is 0 Å². The van der Waals surface area contributed by atoms with Crippen LogP contribution < -0.4 is 16.4 Å². The number of nitrogens with two attached hydrogens (primary N) is 1. The van der Waals surface area contributed by atoms with Crippen LogP contribution in [0, 0.1) is 11.8 Å². The molecule has 6 heteroatoms. The Balaban J connectivity index is 1.53. The van der Waals surface area contributed by atoms with Gasteiger partial charge in [-0.15, -0.1) is 0 Å². The van der Waals surface area contributed by atoms with Crippen molar-refractivity contribution < 1.29 is 9.59 Å². The van der Waals surface area contributed by atoms with Crippen molar-refractivity contribution in [3.8, 4) is 11.3 Å². The summed E-state index contributed by atoms with van der Waals surface area (Å²) in [6, 6.07) is 16.5. The van der Waals surface area contributed by atoms with Gasteiger partial charge in [0.25, 0.3) is 5.91 Å². The van der Waals surface area contributed by atoms with Crippen molar-refractivity contribution in [2.75, 3.05) is 20.1 Å². The van der Waals surface area contributed by atoms with Crippen molar-refractivity contribution >= 4 is 22.7 Å². The number of hydrogen-bond acceptors (Lipinski definition) is 4. The molecular weight excluding hydrogens is 400 g/mol. The van der Waals surface area contributed by atoms with Crippen LogP contribution in [0.3, 0.4) is 0 Å². The number of nitrogens with one attached hydrogen (secondary N) is 2. The maximum atomic E-state index is 13.2. The molecular formula is C26H30N4O2. The molecule has 0 aliphatic heterocycles. The number of carbonyl (C=O) groups excluding carboxylic acids is 2. The lowest BCUT2D eigenvalue weighted by Gasteiger charge is -2.28. The van der Waals surface area contributed by atoms with Gasteiger partial charge in [0.2, 0.25) is 5.91 Å². The molecule has 1 fully saturated rings. The van der Waals surface area contributed by atoms with Gasteiger partial charge in [-0.25, -0.2) is 4.98 Å². The summed E-state index contributed by atoms with van der Waals surface area (Å²) >= 11 is 0. The van der Waals surface area contributed by atoms with E-state index >= 15 is 0 Å². The molecule has 1 heterocycles. The summed E-state index contributed by atoms with van der Waals surface area (Å²) in [6.45, 7) is 1.77. The highest BCUT2D eigenvalue weighted by Crippen LogP contribution is 2.29. The maximum Gasteiger partial charge on any atom is 0.252 e. The molecule has 166 valence electrons. The highest BCUT2D eigenvalue weighted by atomic mass is 16.2. The average molecular weight is 431 g/mol. The van der Waals surface area contributed by atoms with E-state index < -0.39 is 5.91 Å². The van der Waals surface area contributed by atoms with E-state index in [9.17, 15) is 9.59 Å². The molecule has 0 saturated heterocycles. The fourth-order valence-electron chi connectivity index (χ4n) is 4.58. The summed E-state index contributed by atoms with van der Waals surface area (Å²) in [5.74, 6) is 0.736. The summed E-state index contributed by atoms with van der Waals surface area (Å²) in [4.78, 5) is 29.3. The maximum absolute atomic E-state index is 13.2. The molecule has 1 aromatic heterocycles. The molecule has 0 bridgehead atoms. The normalized spacial score (nSPS) is 18.4. The van der Waals surface area contributed by atoms with Crippen LogP contribution >= 0.6 is 0 Å². The van der Waals surface area contributed by atoms with Gasteiger partial charge < -0.3 is 16.4 Å². The Morgan fingerprint density at radius 2 is 1.62 bits per heavy atom. The number of hydrogen-bond donors (Lipinski definition) is 3. The van der Waals surface area contributed by atoms with E-state index in [4.69, 9.17) is 10.7 Å². The van der Waals surface area contributed by atoms with E-state index in [2.05, 4.69) is 10.6 Å². The van der Waals surface area contributed by atoms with Crippen LogP contribution in [-0.2, 0) is 0 Å². The fraction of sp³-hybridized carbons (Fsp3) is 0.346. The molecule has 1 aliphatic rings. The third-order valence-electron chi connectivity index (χ3n) is 6.44. The summed E-state index contributed by atoms with van der Waals surface area (Å²) < 4.78 is 0. The van der Waals surface area contributed by atoms with E-state index in [0.29, 0.717) is 29.3 Å². The third-order valence-corrected chi connectivity index (χ3v) is 6.44. The first-order valence-electron chi connectivity index (χ1n) is 11.3. The predicted molar refractivity (Wildman–Crippen MR) is 127 cm³/mol. The Bertz CT molecular complexity index is 1100. The predicted octanol–water partition coefficient (Wildman–Crippen LogP) is 3.76. The summed E-state index contributed by atoms with van der Waals surface area (Å²) in [5.41, 5.74) is 8.70. The van der Waals surface area contributed by atoms with Gasteiger partial charge in [-0.3, -0.25) is 9.59 Å². The number of primary amides is 1. The highest BCUT2D eigenvalue weighted by Gasteiger charge is 2.22. The van der Waals surface area contributed by atoms with E-state index in [-0.39, 0.29) is 5.91 Å². The first kappa shape index (κ1) is 22.0. The topological polar surface area (TPSA) is 97.1 Å². The Morgan fingerprint density at radius 3 is 2.28 bits per heavy atom. The van der Waals surface area contributed by atoms with Crippen molar-refractivity contribution in [3.63, 3.8) is 0 Å². The van der Waals surface area contributed by atoms with Gasteiger partial charge in [0, 0.05) is 23.1 Å². The molecule has 2 amide bonds. The lowest BCUT2D eigenvalue weighted by molar-refractivity contribution is 0.0942. The number of aromatic nitrogens is 1. The summed E-state index contributed by atoms with van der Waals surface area (Å²) in [5, 5.41) is 7.27. The van der Waals surface area contributed by atoms with Crippen LogP contribution in [0.4, 0.5) is 0 Å². The van der Waals surface area contributed by atoms with Gasteiger partial charge in [0.1, 0.15) is 0 Å². The molecule has 0 spiro atoms. The molecule has 2 aromatic carbocycles. The van der Waals surface area contributed by atoms with Crippen molar-refractivity contribution in [2.45, 2.75) is 25.7 Å². The van der Waals surface area contributed by atoms with Gasteiger partial charge in [0.15, 0.2) is 0 Å². The van der Waals surface area contributed by atoms with Gasteiger partial charge >= 0.3 is 0 Å². The molecule has 6 nitrogen and oxygen atoms in total. The monoisotopic (exact) mass is 430 g/mol. The van der Waals surface area contributed by atoms with Crippen molar-refractivity contribution in [1.29, 1.82) is 0 Å². The standard InChI is InChI=1S/C26H30N4O2/c1-28-15-17-6-8-18(9-7-17)16-29-26(32)22-14-24(30-23-5-3-2-4-21(22)23)19-10-12-20(13-11-19)25(27)31/h2-5,10-14,17-18,28H,6-9,15-16H2,1H3,(H2,27,31)(H,29,32). The second-order valence-electron chi connectivity index (χ2n) is 8.67. The Morgan fingerprint density at radius 1 is 0.969 bits per heavy atom. The second-order valence-corrected chi connectivity index (χ2v) is 8.67. The molecule has 0 radical (unpaired) electrons. The van der Waals surface area contributed by atoms with Gasteiger partial charge in [-0.05, 0) is 75.4 Å². The number of carbonyl (C=O) groups is 2. The zero-order chi connectivity index (χ0) is 22.5. The van der Waals surface area contributed by atoms with Crippen LogP contribution in [0.5, 0.6) is 0 Å². The molecule has 1 saturated carbocycles. The van der Waals surface area contributed by atoms with Gasteiger partial charge in [-0.2, -0.15) is 0 Å². The molecule has 4 rings (SSSR count). The lowest BCUT2D eigenvalue weighted by atomic mass is 9.82. The van der Waals surface area contributed by atoms with E-state index in [1.807, 2.05) is 49.5 Å².